The van der Waals surface area contributed by atoms with Crippen LogP contribution in [-0.2, 0) is 20.7 Å². The van der Waals surface area contributed by atoms with Gasteiger partial charge in [-0.25, -0.2) is 9.78 Å². The number of carbonyl (C=O) groups excluding carboxylic acids is 2. The highest BCUT2D eigenvalue weighted by molar-refractivity contribution is 7.17. The third kappa shape index (κ3) is 4.83. The molecular formula is C21H22N2O5S. The van der Waals surface area contributed by atoms with Crippen LogP contribution in [0.2, 0.25) is 0 Å². The van der Waals surface area contributed by atoms with Gasteiger partial charge in [-0.1, -0.05) is 12.1 Å². The van der Waals surface area contributed by atoms with Crippen LogP contribution in [0.25, 0.3) is 15.4 Å². The first-order chi connectivity index (χ1) is 14.0. The molecule has 8 heteroatoms. The minimum Gasteiger partial charge on any atom is -0.497 e. The van der Waals surface area contributed by atoms with E-state index in [0.29, 0.717) is 5.82 Å². The van der Waals surface area contributed by atoms with Crippen molar-refractivity contribution in [2.75, 3.05) is 20.3 Å². The predicted molar refractivity (Wildman–Crippen MR) is 110 cm³/mol. The highest BCUT2D eigenvalue weighted by Gasteiger charge is 2.20. The average molecular weight is 414 g/mol. The van der Waals surface area contributed by atoms with Gasteiger partial charge >= 0.3 is 11.9 Å². The smallest absolute Gasteiger partial charge is 0.358 e. The average Bonchev–Trinajstić information content (AvgIpc) is 3.35. The summed E-state index contributed by atoms with van der Waals surface area (Å²) in [4.78, 5) is 29.5. The molecule has 0 atom stereocenters. The molecule has 2 heterocycles. The molecule has 3 rings (SSSR count). The minimum atomic E-state index is -0.527. The zero-order valence-corrected chi connectivity index (χ0v) is 17.3. The van der Waals surface area contributed by atoms with Gasteiger partial charge in [0.05, 0.1) is 20.3 Å². The first-order valence-electron chi connectivity index (χ1n) is 9.21. The second-order valence-electron chi connectivity index (χ2n) is 5.98. The molecule has 152 valence electrons. The number of aromatic nitrogens is 2. The summed E-state index contributed by atoms with van der Waals surface area (Å²) in [5, 5.41) is 0.824. The summed E-state index contributed by atoms with van der Waals surface area (Å²) in [5.41, 5.74) is 1.17. The Kier molecular flexibility index (Phi) is 6.66. The van der Waals surface area contributed by atoms with E-state index in [-0.39, 0.29) is 25.3 Å². The van der Waals surface area contributed by atoms with Crippen LogP contribution in [-0.4, -0.2) is 41.8 Å². The van der Waals surface area contributed by atoms with Crippen molar-refractivity contribution in [1.29, 1.82) is 0 Å². The lowest BCUT2D eigenvalue weighted by molar-refractivity contribution is -0.142. The van der Waals surface area contributed by atoms with E-state index >= 15 is 0 Å². The van der Waals surface area contributed by atoms with Crippen molar-refractivity contribution < 1.29 is 23.8 Å². The molecule has 0 amide bonds. The van der Waals surface area contributed by atoms with Gasteiger partial charge in [-0.15, -0.1) is 11.3 Å². The van der Waals surface area contributed by atoms with Crippen LogP contribution >= 0.6 is 11.3 Å². The van der Waals surface area contributed by atoms with Gasteiger partial charge in [0.2, 0.25) is 0 Å². The molecule has 0 aliphatic carbocycles. The second kappa shape index (κ2) is 9.38. The zero-order valence-electron chi connectivity index (χ0n) is 16.5. The molecule has 3 aromatic rings. The monoisotopic (exact) mass is 414 g/mol. The Bertz CT molecular complexity index is 1010. The summed E-state index contributed by atoms with van der Waals surface area (Å²) >= 11 is 1.51. The van der Waals surface area contributed by atoms with Crippen molar-refractivity contribution in [3.8, 4) is 21.2 Å². The van der Waals surface area contributed by atoms with Gasteiger partial charge in [0.15, 0.2) is 5.69 Å². The van der Waals surface area contributed by atoms with Crippen LogP contribution in [0.1, 0.15) is 30.2 Å². The van der Waals surface area contributed by atoms with E-state index in [9.17, 15) is 9.59 Å². The Hall–Kier alpha value is -3.13. The largest absolute Gasteiger partial charge is 0.497 e. The molecule has 29 heavy (non-hydrogen) atoms. The molecule has 0 aliphatic rings. The lowest BCUT2D eigenvalue weighted by Crippen LogP contribution is -2.11. The van der Waals surface area contributed by atoms with Crippen LogP contribution in [0.4, 0.5) is 0 Å². The minimum absolute atomic E-state index is 0.0420. The summed E-state index contributed by atoms with van der Waals surface area (Å²) < 4.78 is 17.1. The molecule has 0 unspecified atom stereocenters. The Morgan fingerprint density at radius 2 is 1.90 bits per heavy atom. The topological polar surface area (TPSA) is 79.6 Å². The standard InChI is InChI=1S/C21H22N2O5S/c1-4-27-20(24)12-18-22-16(21(25)28-5-2)13-23(18)19-10-9-17(29-19)14-7-6-8-15(11-14)26-3/h6-11,13H,4-5,12H2,1-3H3. The molecule has 0 radical (unpaired) electrons. The highest BCUT2D eigenvalue weighted by atomic mass is 32.1. The van der Waals surface area contributed by atoms with Gasteiger partial charge in [0.25, 0.3) is 0 Å². The maximum atomic E-state index is 12.1. The molecule has 7 nitrogen and oxygen atoms in total. The normalized spacial score (nSPS) is 10.6. The highest BCUT2D eigenvalue weighted by Crippen LogP contribution is 2.33. The molecule has 0 bridgehead atoms. The number of thiophene rings is 1. The third-order valence-electron chi connectivity index (χ3n) is 4.05. The fourth-order valence-corrected chi connectivity index (χ4v) is 3.77. The van der Waals surface area contributed by atoms with E-state index in [0.717, 1.165) is 21.2 Å². The summed E-state index contributed by atoms with van der Waals surface area (Å²) in [6.07, 6.45) is 1.55. The molecule has 0 aliphatic heterocycles. The number of ether oxygens (including phenoxy) is 3. The van der Waals surface area contributed by atoms with Crippen molar-refractivity contribution in [2.45, 2.75) is 20.3 Å². The second-order valence-corrected chi connectivity index (χ2v) is 7.05. The van der Waals surface area contributed by atoms with Crippen molar-refractivity contribution in [1.82, 2.24) is 9.55 Å². The Morgan fingerprint density at radius 3 is 2.62 bits per heavy atom. The zero-order chi connectivity index (χ0) is 20.8. The summed E-state index contributed by atoms with van der Waals surface area (Å²) in [6.45, 7) is 4.00. The number of hydrogen-bond donors (Lipinski definition) is 0. The van der Waals surface area contributed by atoms with Crippen LogP contribution in [0.3, 0.4) is 0 Å². The molecule has 2 aromatic heterocycles. The van der Waals surface area contributed by atoms with Gasteiger partial charge in [-0.3, -0.25) is 9.36 Å². The number of nitrogens with zero attached hydrogens (tertiary/aromatic N) is 2. The molecule has 0 saturated carbocycles. The fraction of sp³-hybridized carbons (Fsp3) is 0.286. The van der Waals surface area contributed by atoms with Crippen molar-refractivity contribution in [2.24, 2.45) is 0 Å². The predicted octanol–water partition coefficient (Wildman–Crippen LogP) is 3.89. The van der Waals surface area contributed by atoms with Crippen molar-refractivity contribution in [3.63, 3.8) is 0 Å². The quantitative estimate of drug-likeness (QED) is 0.520. The lowest BCUT2D eigenvalue weighted by atomic mass is 10.2. The van der Waals surface area contributed by atoms with Gasteiger partial charge in [-0.05, 0) is 43.7 Å². The third-order valence-corrected chi connectivity index (χ3v) is 5.19. The van der Waals surface area contributed by atoms with Crippen molar-refractivity contribution >= 4 is 23.3 Å². The van der Waals surface area contributed by atoms with Crippen LogP contribution < -0.4 is 4.74 Å². The number of esters is 2. The van der Waals surface area contributed by atoms with Gasteiger partial charge in [0, 0.05) is 11.1 Å². The summed E-state index contributed by atoms with van der Waals surface area (Å²) in [6, 6.07) is 11.7. The first-order valence-corrected chi connectivity index (χ1v) is 10.0. The summed E-state index contributed by atoms with van der Waals surface area (Å²) in [5.74, 6) is 0.262. The molecule has 1 aromatic carbocycles. The lowest BCUT2D eigenvalue weighted by Gasteiger charge is -2.05. The molecular weight excluding hydrogens is 392 g/mol. The summed E-state index contributed by atoms with van der Waals surface area (Å²) in [7, 11) is 1.63. The molecule has 0 spiro atoms. The number of methoxy groups -OCH3 is 1. The van der Waals surface area contributed by atoms with Crippen LogP contribution in [0.15, 0.2) is 42.6 Å². The van der Waals surface area contributed by atoms with Crippen molar-refractivity contribution in [3.05, 3.63) is 54.1 Å². The van der Waals surface area contributed by atoms with Crippen LogP contribution in [0, 0.1) is 0 Å². The van der Waals surface area contributed by atoms with Gasteiger partial charge in [-0.2, -0.15) is 0 Å². The van der Waals surface area contributed by atoms with E-state index in [2.05, 4.69) is 4.98 Å². The Morgan fingerprint density at radius 1 is 1.10 bits per heavy atom. The molecule has 0 fully saturated rings. The number of hydrogen-bond acceptors (Lipinski definition) is 7. The van der Waals surface area contributed by atoms with Gasteiger partial charge in [0.1, 0.15) is 23.0 Å². The number of imidazole rings is 1. The van der Waals surface area contributed by atoms with E-state index in [1.807, 2.05) is 36.4 Å². The first kappa shape index (κ1) is 20.6. The maximum Gasteiger partial charge on any atom is 0.358 e. The van der Waals surface area contributed by atoms with E-state index in [1.54, 1.807) is 31.7 Å². The SMILES string of the molecule is CCOC(=O)Cc1nc(C(=O)OCC)cn1-c1ccc(-c2cccc(OC)c2)s1. The van der Waals surface area contributed by atoms with E-state index in [1.165, 1.54) is 11.3 Å². The van der Waals surface area contributed by atoms with Crippen LogP contribution in [0.5, 0.6) is 5.75 Å². The van der Waals surface area contributed by atoms with Gasteiger partial charge < -0.3 is 14.2 Å². The Balaban J connectivity index is 1.96. The molecule has 0 N–H and O–H groups in total. The van der Waals surface area contributed by atoms with E-state index in [4.69, 9.17) is 14.2 Å². The number of benzene rings is 1. The van der Waals surface area contributed by atoms with E-state index < -0.39 is 11.9 Å². The number of rotatable bonds is 8. The fourth-order valence-electron chi connectivity index (χ4n) is 2.77. The Labute approximate surface area is 172 Å². The molecule has 0 saturated heterocycles. The maximum absolute atomic E-state index is 12.1. The number of carbonyl (C=O) groups is 2.